The highest BCUT2D eigenvalue weighted by atomic mass is 19.4. The summed E-state index contributed by atoms with van der Waals surface area (Å²) in [6.07, 6.45) is -0.118. The van der Waals surface area contributed by atoms with Gasteiger partial charge in [-0.05, 0) is 58.2 Å². The Labute approximate surface area is 180 Å². The number of carbonyl (C=O) groups excluding carboxylic acids is 1. The maximum atomic E-state index is 13.1. The van der Waals surface area contributed by atoms with E-state index in [4.69, 9.17) is 9.47 Å². The monoisotopic (exact) mass is 438 g/mol. The van der Waals surface area contributed by atoms with Crippen molar-refractivity contribution < 1.29 is 27.4 Å². The van der Waals surface area contributed by atoms with Gasteiger partial charge in [0, 0.05) is 5.92 Å². The molecule has 1 unspecified atom stereocenters. The molecule has 8 heteroatoms. The fourth-order valence-electron chi connectivity index (χ4n) is 4.03. The molecule has 1 aromatic rings. The Morgan fingerprint density at radius 1 is 1.06 bits per heavy atom. The number of allylic oxidation sites excluding steroid dienone is 2. The predicted molar refractivity (Wildman–Crippen MR) is 111 cm³/mol. The quantitative estimate of drug-likeness (QED) is 0.547. The second-order valence-corrected chi connectivity index (χ2v) is 9.09. The molecule has 1 aliphatic heterocycles. The van der Waals surface area contributed by atoms with Crippen molar-refractivity contribution in [2.24, 2.45) is 11.0 Å². The highest BCUT2D eigenvalue weighted by molar-refractivity contribution is 5.96. The third-order valence-corrected chi connectivity index (χ3v) is 5.46. The van der Waals surface area contributed by atoms with E-state index in [1.165, 1.54) is 12.1 Å². The van der Waals surface area contributed by atoms with Crippen molar-refractivity contribution in [3.63, 3.8) is 0 Å². The fourth-order valence-corrected chi connectivity index (χ4v) is 4.03. The van der Waals surface area contributed by atoms with Gasteiger partial charge in [0.2, 0.25) is 0 Å². The molecule has 0 spiro atoms. The lowest BCUT2D eigenvalue weighted by Gasteiger charge is -2.33. The zero-order valence-corrected chi connectivity index (χ0v) is 18.3. The van der Waals surface area contributed by atoms with Crippen LogP contribution in [0.3, 0.4) is 0 Å². The first-order valence-electron chi connectivity index (χ1n) is 10.6. The van der Waals surface area contributed by atoms with Crippen molar-refractivity contribution in [2.75, 3.05) is 0 Å². The van der Waals surface area contributed by atoms with E-state index in [-0.39, 0.29) is 5.92 Å². The number of nitrogens with one attached hydrogen (secondary N) is 1. The molecule has 5 nitrogen and oxygen atoms in total. The Bertz CT molecular complexity index is 862. The number of nitrogens with zero attached hydrogens (tertiary/aromatic N) is 1. The van der Waals surface area contributed by atoms with E-state index < -0.39 is 29.4 Å². The molecule has 0 bridgehead atoms. The molecule has 1 fully saturated rings. The van der Waals surface area contributed by atoms with Crippen molar-refractivity contribution >= 4 is 11.9 Å². The molecule has 2 aliphatic rings. The van der Waals surface area contributed by atoms with Gasteiger partial charge in [0.25, 0.3) is 0 Å². The smallest absolute Gasteiger partial charge is 0.428 e. The van der Waals surface area contributed by atoms with Crippen LogP contribution in [0.25, 0.3) is 0 Å². The minimum Gasteiger partial charge on any atom is -0.428 e. The van der Waals surface area contributed by atoms with Gasteiger partial charge in [0.15, 0.2) is 0 Å². The van der Waals surface area contributed by atoms with Crippen molar-refractivity contribution in [3.05, 3.63) is 46.8 Å². The van der Waals surface area contributed by atoms with Gasteiger partial charge in [-0.1, -0.05) is 31.4 Å². The summed E-state index contributed by atoms with van der Waals surface area (Å²) in [5.74, 6) is -0.0809. The Morgan fingerprint density at radius 3 is 2.23 bits per heavy atom. The van der Waals surface area contributed by atoms with E-state index in [0.29, 0.717) is 17.0 Å². The van der Waals surface area contributed by atoms with E-state index in [9.17, 15) is 18.0 Å². The summed E-state index contributed by atoms with van der Waals surface area (Å²) >= 11 is 0. The van der Waals surface area contributed by atoms with Crippen LogP contribution < -0.4 is 5.43 Å². The van der Waals surface area contributed by atoms with Crippen LogP contribution in [0.4, 0.5) is 18.0 Å². The number of hydrogen-bond donors (Lipinski definition) is 1. The van der Waals surface area contributed by atoms with Crippen LogP contribution >= 0.6 is 0 Å². The maximum absolute atomic E-state index is 13.1. The number of alkyl halides is 3. The van der Waals surface area contributed by atoms with E-state index in [1.54, 1.807) is 27.7 Å². The Kier molecular flexibility index (Phi) is 6.67. The molecule has 1 N–H and O–H groups in total. The number of benzene rings is 1. The molecule has 1 atom stereocenters. The first kappa shape index (κ1) is 23.2. The van der Waals surface area contributed by atoms with Gasteiger partial charge in [-0.15, -0.1) is 0 Å². The summed E-state index contributed by atoms with van der Waals surface area (Å²) in [4.78, 5) is 12.4. The number of ether oxygens (including phenoxy) is 2. The summed E-state index contributed by atoms with van der Waals surface area (Å²) < 4.78 is 50.1. The van der Waals surface area contributed by atoms with E-state index in [1.807, 2.05) is 0 Å². The van der Waals surface area contributed by atoms with Gasteiger partial charge >= 0.3 is 12.3 Å². The molecule has 170 valence electrons. The molecule has 1 aromatic carbocycles. The summed E-state index contributed by atoms with van der Waals surface area (Å²) in [7, 11) is 0. The molecule has 0 saturated heterocycles. The average molecular weight is 438 g/mol. The van der Waals surface area contributed by atoms with Gasteiger partial charge in [-0.25, -0.2) is 4.79 Å². The lowest BCUT2D eigenvalue weighted by Crippen LogP contribution is -2.35. The lowest BCUT2D eigenvalue weighted by atomic mass is 9.77. The van der Waals surface area contributed by atoms with Crippen molar-refractivity contribution in [2.45, 2.75) is 77.5 Å². The van der Waals surface area contributed by atoms with Gasteiger partial charge in [-0.3, -0.25) is 5.43 Å². The Balaban J connectivity index is 1.97. The molecule has 31 heavy (non-hydrogen) atoms. The highest BCUT2D eigenvalue weighted by Gasteiger charge is 2.37. The summed E-state index contributed by atoms with van der Waals surface area (Å²) in [5, 5.41) is 4.55. The topological polar surface area (TPSA) is 59.9 Å². The van der Waals surface area contributed by atoms with Gasteiger partial charge < -0.3 is 9.47 Å². The van der Waals surface area contributed by atoms with Crippen LogP contribution in [0.2, 0.25) is 0 Å². The Hall–Kier alpha value is -2.51. The maximum Gasteiger partial charge on any atom is 0.514 e. The molecule has 1 heterocycles. The first-order valence-corrected chi connectivity index (χ1v) is 10.6. The molecule has 0 radical (unpaired) electrons. The lowest BCUT2D eigenvalue weighted by molar-refractivity contribution is -0.137. The summed E-state index contributed by atoms with van der Waals surface area (Å²) in [5.41, 5.74) is 3.37. The molecule has 0 amide bonds. The van der Waals surface area contributed by atoms with Crippen molar-refractivity contribution in [1.29, 1.82) is 0 Å². The molecule has 3 rings (SSSR count). The second kappa shape index (κ2) is 8.93. The second-order valence-electron chi connectivity index (χ2n) is 9.09. The number of halogens is 3. The normalized spacial score (nSPS) is 20.7. The largest absolute Gasteiger partial charge is 0.514 e. The zero-order valence-electron chi connectivity index (χ0n) is 18.3. The number of carbonyl (C=O) groups is 1. The van der Waals surface area contributed by atoms with Crippen LogP contribution in [0, 0.1) is 5.92 Å². The summed E-state index contributed by atoms with van der Waals surface area (Å²) in [6.45, 7) is 6.92. The predicted octanol–water partition coefficient (Wildman–Crippen LogP) is 6.51. The highest BCUT2D eigenvalue weighted by Crippen LogP contribution is 2.39. The van der Waals surface area contributed by atoms with Crippen LogP contribution in [-0.2, 0) is 15.7 Å². The number of hydrazone groups is 1. The van der Waals surface area contributed by atoms with Gasteiger partial charge in [0.05, 0.1) is 22.9 Å². The van der Waals surface area contributed by atoms with Crippen LogP contribution in [0.5, 0.6) is 0 Å². The number of hydrogen-bond acceptors (Lipinski definition) is 5. The molecular formula is C23H29F3N2O3. The Morgan fingerprint density at radius 2 is 1.68 bits per heavy atom. The molecular weight excluding hydrogens is 409 g/mol. The SMILES string of the molecule is CC1=C(OC(=O)OC(C)(C)C)C(c2ccc(C(F)(F)F)cc2)C(C2CCCCC2)=NN1. The summed E-state index contributed by atoms with van der Waals surface area (Å²) in [6, 6.07) is 4.97. The zero-order chi connectivity index (χ0) is 22.8. The van der Waals surface area contributed by atoms with Crippen molar-refractivity contribution in [3.8, 4) is 0 Å². The van der Waals surface area contributed by atoms with Crippen LogP contribution in [0.1, 0.15) is 76.8 Å². The average Bonchev–Trinajstić information content (AvgIpc) is 2.68. The third kappa shape index (κ3) is 5.80. The third-order valence-electron chi connectivity index (χ3n) is 5.46. The van der Waals surface area contributed by atoms with Gasteiger partial charge in [0.1, 0.15) is 11.4 Å². The van der Waals surface area contributed by atoms with Crippen LogP contribution in [0.15, 0.2) is 40.8 Å². The minimum absolute atomic E-state index is 0.166. The standard InChI is InChI=1S/C23H29F3N2O3/c1-14-20(30-21(29)31-22(2,3)4)18(15-10-12-17(13-11-15)23(24,25)26)19(28-27-14)16-8-6-5-7-9-16/h10-13,16,18,27H,5-9H2,1-4H3. The first-order chi connectivity index (χ1) is 14.5. The van der Waals surface area contributed by atoms with E-state index in [0.717, 1.165) is 49.9 Å². The molecule has 0 aromatic heterocycles. The number of rotatable bonds is 3. The van der Waals surface area contributed by atoms with Gasteiger partial charge in [-0.2, -0.15) is 18.3 Å². The minimum atomic E-state index is -4.42. The molecule has 1 saturated carbocycles. The van der Waals surface area contributed by atoms with E-state index >= 15 is 0 Å². The van der Waals surface area contributed by atoms with Crippen molar-refractivity contribution in [1.82, 2.24) is 5.43 Å². The van der Waals surface area contributed by atoms with E-state index in [2.05, 4.69) is 10.5 Å². The fraction of sp³-hybridized carbons (Fsp3) is 0.565. The molecule has 1 aliphatic carbocycles. The van der Waals surface area contributed by atoms with Crippen LogP contribution in [-0.4, -0.2) is 17.5 Å².